The minimum atomic E-state index is -3.25. The fraction of sp³-hybridized carbons (Fsp3) is 0.600. The van der Waals surface area contributed by atoms with E-state index in [1.807, 2.05) is 13.0 Å². The SMILES string of the molecule is Cc1cc(CCCCCCCS(=O)(=O)c2nccn2C)on1. The number of hydrogen-bond acceptors (Lipinski definition) is 5. The molecule has 2 rings (SSSR count). The standard InChI is InChI=1S/C15H23N3O3S/c1-13-12-14(21-17-13)8-6-4-3-5-7-11-22(19,20)15-16-9-10-18(15)2/h9-10,12H,3-8,11H2,1-2H3. The molecule has 2 aromatic rings. The second-order valence-corrected chi connectivity index (χ2v) is 7.59. The molecular formula is C15H23N3O3S. The molecule has 0 unspecified atom stereocenters. The number of aryl methyl sites for hydroxylation is 3. The average Bonchev–Trinajstić information content (AvgIpc) is 3.06. The molecule has 0 aliphatic heterocycles. The van der Waals surface area contributed by atoms with Gasteiger partial charge in [0.15, 0.2) is 0 Å². The fourth-order valence-corrected chi connectivity index (χ4v) is 3.89. The second kappa shape index (κ2) is 7.58. The summed E-state index contributed by atoms with van der Waals surface area (Å²) in [6, 6.07) is 1.96. The summed E-state index contributed by atoms with van der Waals surface area (Å²) >= 11 is 0. The third-order valence-electron chi connectivity index (χ3n) is 3.57. The van der Waals surface area contributed by atoms with Gasteiger partial charge in [0.25, 0.3) is 0 Å². The van der Waals surface area contributed by atoms with E-state index >= 15 is 0 Å². The Balaban J connectivity index is 1.60. The molecule has 0 spiro atoms. The van der Waals surface area contributed by atoms with Crippen molar-refractivity contribution in [3.63, 3.8) is 0 Å². The summed E-state index contributed by atoms with van der Waals surface area (Å²) in [4.78, 5) is 3.91. The number of unbranched alkanes of at least 4 members (excludes halogenated alkanes) is 4. The van der Waals surface area contributed by atoms with E-state index in [0.29, 0.717) is 6.42 Å². The van der Waals surface area contributed by atoms with Crippen LogP contribution >= 0.6 is 0 Å². The number of imidazole rings is 1. The first-order valence-corrected chi connectivity index (χ1v) is 9.26. The number of sulfone groups is 1. The molecule has 122 valence electrons. The highest BCUT2D eigenvalue weighted by Gasteiger charge is 2.18. The monoisotopic (exact) mass is 325 g/mol. The van der Waals surface area contributed by atoms with Gasteiger partial charge < -0.3 is 9.09 Å². The zero-order valence-electron chi connectivity index (χ0n) is 13.2. The Labute approximate surface area is 131 Å². The lowest BCUT2D eigenvalue weighted by molar-refractivity contribution is 0.375. The number of aromatic nitrogens is 3. The van der Waals surface area contributed by atoms with Crippen molar-refractivity contribution in [2.75, 3.05) is 5.75 Å². The fourth-order valence-electron chi connectivity index (χ4n) is 2.40. The maximum Gasteiger partial charge on any atom is 0.227 e. The van der Waals surface area contributed by atoms with Gasteiger partial charge >= 0.3 is 0 Å². The first kappa shape index (κ1) is 16.7. The molecule has 0 N–H and O–H groups in total. The number of nitrogens with zero attached hydrogens (tertiary/aromatic N) is 3. The van der Waals surface area contributed by atoms with Gasteiger partial charge in [0.1, 0.15) is 5.76 Å². The summed E-state index contributed by atoms with van der Waals surface area (Å²) in [7, 11) is -1.55. The van der Waals surface area contributed by atoms with E-state index in [1.54, 1.807) is 17.8 Å². The molecule has 0 bridgehead atoms. The first-order chi connectivity index (χ1) is 10.5. The largest absolute Gasteiger partial charge is 0.361 e. The van der Waals surface area contributed by atoms with Gasteiger partial charge in [-0.1, -0.05) is 24.4 Å². The van der Waals surface area contributed by atoms with E-state index in [2.05, 4.69) is 10.1 Å². The van der Waals surface area contributed by atoms with Crippen LogP contribution in [0.15, 0.2) is 28.1 Å². The van der Waals surface area contributed by atoms with E-state index in [4.69, 9.17) is 4.52 Å². The summed E-state index contributed by atoms with van der Waals surface area (Å²) in [6.07, 6.45) is 8.80. The summed E-state index contributed by atoms with van der Waals surface area (Å²) < 4.78 is 30.9. The van der Waals surface area contributed by atoms with Gasteiger partial charge in [-0.3, -0.25) is 0 Å². The summed E-state index contributed by atoms with van der Waals surface area (Å²) in [5.74, 6) is 1.09. The second-order valence-electron chi connectivity index (χ2n) is 5.59. The number of rotatable bonds is 9. The van der Waals surface area contributed by atoms with Crippen LogP contribution in [0.25, 0.3) is 0 Å². The van der Waals surface area contributed by atoms with Crippen LogP contribution in [-0.4, -0.2) is 28.9 Å². The predicted molar refractivity (Wildman–Crippen MR) is 83.3 cm³/mol. The molecule has 0 radical (unpaired) electrons. The summed E-state index contributed by atoms with van der Waals surface area (Å²) in [5, 5.41) is 4.01. The van der Waals surface area contributed by atoms with Crippen molar-refractivity contribution in [2.45, 2.75) is 50.6 Å². The Kier molecular flexibility index (Phi) is 5.76. The van der Waals surface area contributed by atoms with Gasteiger partial charge in [-0.05, 0) is 19.8 Å². The van der Waals surface area contributed by atoms with Gasteiger partial charge in [0, 0.05) is 31.9 Å². The summed E-state index contributed by atoms with van der Waals surface area (Å²) in [5.41, 5.74) is 0.912. The third kappa shape index (κ3) is 4.69. The molecule has 2 aromatic heterocycles. The van der Waals surface area contributed by atoms with Gasteiger partial charge in [-0.2, -0.15) is 0 Å². The average molecular weight is 325 g/mol. The van der Waals surface area contributed by atoms with Crippen molar-refractivity contribution in [2.24, 2.45) is 7.05 Å². The van der Waals surface area contributed by atoms with Gasteiger partial charge in [-0.25, -0.2) is 13.4 Å². The normalized spacial score (nSPS) is 11.9. The molecule has 22 heavy (non-hydrogen) atoms. The highest BCUT2D eigenvalue weighted by molar-refractivity contribution is 7.91. The van der Waals surface area contributed by atoms with E-state index in [0.717, 1.165) is 43.6 Å². The molecule has 0 saturated carbocycles. The molecule has 0 fully saturated rings. The highest BCUT2D eigenvalue weighted by Crippen LogP contribution is 2.13. The van der Waals surface area contributed by atoms with Crippen LogP contribution in [0.2, 0.25) is 0 Å². The maximum absolute atomic E-state index is 12.1. The van der Waals surface area contributed by atoms with Gasteiger partial charge in [-0.15, -0.1) is 0 Å². The molecule has 0 aliphatic rings. The van der Waals surface area contributed by atoms with E-state index in [9.17, 15) is 8.42 Å². The lowest BCUT2D eigenvalue weighted by atomic mass is 10.1. The van der Waals surface area contributed by atoms with Crippen molar-refractivity contribution in [1.82, 2.24) is 14.7 Å². The first-order valence-electron chi connectivity index (χ1n) is 7.61. The Hall–Kier alpha value is -1.63. The molecule has 0 amide bonds. The summed E-state index contributed by atoms with van der Waals surface area (Å²) in [6.45, 7) is 1.91. The van der Waals surface area contributed by atoms with Crippen molar-refractivity contribution in [1.29, 1.82) is 0 Å². The Morgan fingerprint density at radius 3 is 2.55 bits per heavy atom. The molecule has 2 heterocycles. The van der Waals surface area contributed by atoms with Crippen LogP contribution in [0.1, 0.15) is 43.6 Å². The minimum absolute atomic E-state index is 0.160. The molecule has 6 nitrogen and oxygen atoms in total. The van der Waals surface area contributed by atoms with Crippen molar-refractivity contribution >= 4 is 9.84 Å². The zero-order valence-corrected chi connectivity index (χ0v) is 14.0. The Bertz CT molecular complexity index is 688. The lowest BCUT2D eigenvalue weighted by Crippen LogP contribution is -2.12. The number of hydrogen-bond donors (Lipinski definition) is 0. The van der Waals surface area contributed by atoms with E-state index < -0.39 is 9.84 Å². The highest BCUT2D eigenvalue weighted by atomic mass is 32.2. The van der Waals surface area contributed by atoms with Crippen LogP contribution in [0.3, 0.4) is 0 Å². The van der Waals surface area contributed by atoms with Crippen molar-refractivity contribution < 1.29 is 12.9 Å². The quantitative estimate of drug-likeness (QED) is 0.662. The Morgan fingerprint density at radius 2 is 1.91 bits per heavy atom. The van der Waals surface area contributed by atoms with Crippen LogP contribution in [0.5, 0.6) is 0 Å². The molecule has 0 aromatic carbocycles. The smallest absolute Gasteiger partial charge is 0.227 e. The maximum atomic E-state index is 12.1. The van der Waals surface area contributed by atoms with E-state index in [1.165, 1.54) is 6.20 Å². The van der Waals surface area contributed by atoms with Crippen molar-refractivity contribution in [3.8, 4) is 0 Å². The van der Waals surface area contributed by atoms with Crippen LogP contribution < -0.4 is 0 Å². The van der Waals surface area contributed by atoms with Crippen molar-refractivity contribution in [3.05, 3.63) is 29.9 Å². The lowest BCUT2D eigenvalue weighted by Gasteiger charge is -2.04. The van der Waals surface area contributed by atoms with Crippen LogP contribution in [0, 0.1) is 6.92 Å². The zero-order chi connectivity index (χ0) is 16.0. The van der Waals surface area contributed by atoms with Gasteiger partial charge in [0.05, 0.1) is 11.4 Å². The molecular weight excluding hydrogens is 302 g/mol. The molecule has 0 atom stereocenters. The molecule has 7 heteroatoms. The minimum Gasteiger partial charge on any atom is -0.361 e. The van der Waals surface area contributed by atoms with Crippen LogP contribution in [0.4, 0.5) is 0 Å². The van der Waals surface area contributed by atoms with Gasteiger partial charge in [0.2, 0.25) is 15.0 Å². The van der Waals surface area contributed by atoms with E-state index in [-0.39, 0.29) is 10.9 Å². The Morgan fingerprint density at radius 1 is 1.18 bits per heavy atom. The third-order valence-corrected chi connectivity index (χ3v) is 5.34. The topological polar surface area (TPSA) is 78.0 Å². The predicted octanol–water partition coefficient (Wildman–Crippen LogP) is 2.68. The molecule has 0 saturated heterocycles. The molecule has 0 aliphatic carbocycles. The van der Waals surface area contributed by atoms with Crippen LogP contribution in [-0.2, 0) is 23.3 Å².